The zero-order valence-corrected chi connectivity index (χ0v) is 13.8. The van der Waals surface area contributed by atoms with E-state index in [0.29, 0.717) is 5.56 Å². The van der Waals surface area contributed by atoms with E-state index in [-0.39, 0.29) is 17.8 Å². The van der Waals surface area contributed by atoms with Gasteiger partial charge in [-0.3, -0.25) is 4.79 Å². The van der Waals surface area contributed by atoms with Gasteiger partial charge in [0.15, 0.2) is 0 Å². The van der Waals surface area contributed by atoms with E-state index < -0.39 is 0 Å². The molecule has 0 radical (unpaired) electrons. The average Bonchev–Trinajstić information content (AvgIpc) is 2.37. The third-order valence-electron chi connectivity index (χ3n) is 2.82. The molecule has 0 bridgehead atoms. The van der Waals surface area contributed by atoms with Gasteiger partial charge in [-0.05, 0) is 42.8 Å². The highest BCUT2D eigenvalue weighted by molar-refractivity contribution is 9.11. The number of carbonyl (C=O) groups excluding carboxylic acids is 1. The number of nitrogens with one attached hydrogen (secondary N) is 1. The third-order valence-corrected chi connectivity index (χ3v) is 3.74. The van der Waals surface area contributed by atoms with E-state index in [1.54, 1.807) is 24.3 Å². The monoisotopic (exact) mass is 399 g/mol. The molecular formula is C15H12Br2FNO. The van der Waals surface area contributed by atoms with Gasteiger partial charge < -0.3 is 5.32 Å². The van der Waals surface area contributed by atoms with Crippen LogP contribution in [0.25, 0.3) is 0 Å². The lowest BCUT2D eigenvalue weighted by molar-refractivity contribution is 0.0939. The molecule has 0 aromatic heterocycles. The Balaban J connectivity index is 2.15. The molecule has 2 aromatic rings. The lowest BCUT2D eigenvalue weighted by Gasteiger charge is -2.14. The average molecular weight is 401 g/mol. The maximum Gasteiger partial charge on any atom is 0.251 e. The maximum absolute atomic E-state index is 13.2. The Bertz CT molecular complexity index is 625. The highest BCUT2D eigenvalue weighted by Gasteiger charge is 2.12. The molecule has 1 unspecified atom stereocenters. The first-order valence-electron chi connectivity index (χ1n) is 5.98. The van der Waals surface area contributed by atoms with Crippen molar-refractivity contribution in [1.82, 2.24) is 5.32 Å². The van der Waals surface area contributed by atoms with Gasteiger partial charge >= 0.3 is 0 Å². The zero-order valence-electron chi connectivity index (χ0n) is 10.7. The number of hydrogen-bond donors (Lipinski definition) is 1. The largest absolute Gasteiger partial charge is 0.346 e. The van der Waals surface area contributed by atoms with Crippen LogP contribution in [0.3, 0.4) is 0 Å². The molecule has 0 aliphatic carbocycles. The van der Waals surface area contributed by atoms with Crippen LogP contribution in [0.15, 0.2) is 51.4 Å². The number of hydrogen-bond acceptors (Lipinski definition) is 1. The first-order valence-corrected chi connectivity index (χ1v) is 7.57. The summed E-state index contributed by atoms with van der Waals surface area (Å²) >= 11 is 6.68. The summed E-state index contributed by atoms with van der Waals surface area (Å²) in [6.07, 6.45) is 0. The molecule has 2 nitrogen and oxygen atoms in total. The third kappa shape index (κ3) is 3.90. The van der Waals surface area contributed by atoms with Crippen LogP contribution in [0.1, 0.15) is 28.9 Å². The molecule has 2 aromatic carbocycles. The van der Waals surface area contributed by atoms with Crippen LogP contribution in [-0.4, -0.2) is 5.91 Å². The Morgan fingerprint density at radius 3 is 2.40 bits per heavy atom. The molecule has 2 rings (SSSR count). The number of halogens is 3. The second-order valence-corrected chi connectivity index (χ2v) is 6.24. The fourth-order valence-corrected chi connectivity index (χ4v) is 3.12. The lowest BCUT2D eigenvalue weighted by Crippen LogP contribution is -2.26. The second kappa shape index (κ2) is 6.50. The summed E-state index contributed by atoms with van der Waals surface area (Å²) in [6.45, 7) is 1.82. The molecule has 0 aliphatic rings. The minimum atomic E-state index is -0.311. The van der Waals surface area contributed by atoms with Crippen molar-refractivity contribution < 1.29 is 9.18 Å². The standard InChI is InChI=1S/C15H12Br2FNO/c1-9(10-3-2-4-14(18)7-10)19-15(20)11-5-12(16)8-13(17)6-11/h2-9H,1H3,(H,19,20). The van der Waals surface area contributed by atoms with E-state index in [1.807, 2.05) is 13.0 Å². The van der Waals surface area contributed by atoms with Crippen molar-refractivity contribution in [3.63, 3.8) is 0 Å². The van der Waals surface area contributed by atoms with Crippen LogP contribution < -0.4 is 5.32 Å². The van der Waals surface area contributed by atoms with Crippen LogP contribution in [-0.2, 0) is 0 Å². The highest BCUT2D eigenvalue weighted by atomic mass is 79.9. The summed E-state index contributed by atoms with van der Waals surface area (Å²) in [5.74, 6) is -0.516. The Hall–Kier alpha value is -1.20. The summed E-state index contributed by atoms with van der Waals surface area (Å²) in [7, 11) is 0. The predicted octanol–water partition coefficient (Wildman–Crippen LogP) is 4.84. The van der Waals surface area contributed by atoms with Crippen molar-refractivity contribution in [3.8, 4) is 0 Å². The first-order chi connectivity index (χ1) is 9.45. The van der Waals surface area contributed by atoms with Gasteiger partial charge in [-0.2, -0.15) is 0 Å². The van der Waals surface area contributed by atoms with E-state index in [0.717, 1.165) is 14.5 Å². The fraction of sp³-hybridized carbons (Fsp3) is 0.133. The minimum Gasteiger partial charge on any atom is -0.346 e. The van der Waals surface area contributed by atoms with E-state index in [4.69, 9.17) is 0 Å². The molecule has 1 amide bonds. The number of benzene rings is 2. The lowest BCUT2D eigenvalue weighted by atomic mass is 10.1. The van der Waals surface area contributed by atoms with E-state index in [1.165, 1.54) is 12.1 Å². The second-order valence-electron chi connectivity index (χ2n) is 4.41. The maximum atomic E-state index is 13.2. The predicted molar refractivity (Wildman–Crippen MR) is 84.1 cm³/mol. The molecule has 20 heavy (non-hydrogen) atoms. The van der Waals surface area contributed by atoms with Crippen LogP contribution in [0.4, 0.5) is 4.39 Å². The molecule has 0 heterocycles. The molecule has 5 heteroatoms. The van der Waals surface area contributed by atoms with Crippen LogP contribution in [0.5, 0.6) is 0 Å². The minimum absolute atomic E-state index is 0.205. The number of amides is 1. The van der Waals surface area contributed by atoms with Gasteiger partial charge in [0.2, 0.25) is 0 Å². The molecular weight excluding hydrogens is 389 g/mol. The highest BCUT2D eigenvalue weighted by Crippen LogP contribution is 2.21. The zero-order chi connectivity index (χ0) is 14.7. The number of rotatable bonds is 3. The van der Waals surface area contributed by atoms with Crippen molar-refractivity contribution in [2.24, 2.45) is 0 Å². The van der Waals surface area contributed by atoms with E-state index in [9.17, 15) is 9.18 Å². The van der Waals surface area contributed by atoms with E-state index in [2.05, 4.69) is 37.2 Å². The van der Waals surface area contributed by atoms with Gasteiger partial charge in [-0.15, -0.1) is 0 Å². The van der Waals surface area contributed by atoms with Gasteiger partial charge in [-0.1, -0.05) is 44.0 Å². The molecule has 0 fully saturated rings. The molecule has 0 saturated carbocycles. The van der Waals surface area contributed by atoms with Crippen molar-refractivity contribution in [2.45, 2.75) is 13.0 Å². The molecule has 0 saturated heterocycles. The van der Waals surface area contributed by atoms with Crippen molar-refractivity contribution in [3.05, 3.63) is 68.4 Å². The molecule has 1 N–H and O–H groups in total. The normalized spacial score (nSPS) is 12.0. The molecule has 0 aliphatic heterocycles. The first kappa shape index (κ1) is 15.2. The summed E-state index contributed by atoms with van der Waals surface area (Å²) in [4.78, 5) is 12.2. The van der Waals surface area contributed by atoms with Crippen molar-refractivity contribution in [2.75, 3.05) is 0 Å². The van der Waals surface area contributed by atoms with Crippen molar-refractivity contribution in [1.29, 1.82) is 0 Å². The van der Waals surface area contributed by atoms with Gasteiger partial charge in [0.05, 0.1) is 6.04 Å². The van der Waals surface area contributed by atoms with Crippen LogP contribution in [0, 0.1) is 5.82 Å². The Kier molecular flexibility index (Phi) is 4.94. The smallest absolute Gasteiger partial charge is 0.251 e. The SMILES string of the molecule is CC(NC(=O)c1cc(Br)cc(Br)c1)c1cccc(F)c1. The summed E-state index contributed by atoms with van der Waals surface area (Å²) in [5.41, 5.74) is 1.27. The number of carbonyl (C=O) groups is 1. The molecule has 1 atom stereocenters. The fourth-order valence-electron chi connectivity index (χ4n) is 1.82. The topological polar surface area (TPSA) is 29.1 Å². The molecule has 0 spiro atoms. The summed E-state index contributed by atoms with van der Waals surface area (Å²) in [6, 6.07) is 11.3. The van der Waals surface area contributed by atoms with Crippen molar-refractivity contribution >= 4 is 37.8 Å². The van der Waals surface area contributed by atoms with Crippen LogP contribution >= 0.6 is 31.9 Å². The Morgan fingerprint density at radius 1 is 1.15 bits per heavy atom. The van der Waals surface area contributed by atoms with Gasteiger partial charge in [0.25, 0.3) is 5.91 Å². The Labute approximate surface area is 133 Å². The Morgan fingerprint density at radius 2 is 1.80 bits per heavy atom. The van der Waals surface area contributed by atoms with Gasteiger partial charge in [0.1, 0.15) is 5.82 Å². The summed E-state index contributed by atoms with van der Waals surface area (Å²) < 4.78 is 14.8. The molecule has 104 valence electrons. The summed E-state index contributed by atoms with van der Waals surface area (Å²) in [5, 5.41) is 2.85. The van der Waals surface area contributed by atoms with E-state index >= 15 is 0 Å². The quantitative estimate of drug-likeness (QED) is 0.784. The van der Waals surface area contributed by atoms with Crippen LogP contribution in [0.2, 0.25) is 0 Å². The van der Waals surface area contributed by atoms with Gasteiger partial charge in [0, 0.05) is 14.5 Å². The van der Waals surface area contributed by atoms with Gasteiger partial charge in [-0.25, -0.2) is 4.39 Å².